The Hall–Kier alpha value is -2.02. The molecule has 0 unspecified atom stereocenters. The van der Waals surface area contributed by atoms with Gasteiger partial charge in [0.25, 0.3) is 0 Å². The van der Waals surface area contributed by atoms with Gasteiger partial charge >= 0.3 is 6.09 Å². The minimum atomic E-state index is -0.525. The maximum atomic E-state index is 10.5. The largest absolute Gasteiger partial charge is 0.447 e. The predicted molar refractivity (Wildman–Crippen MR) is 52.8 cm³/mol. The van der Waals surface area contributed by atoms with Crippen molar-refractivity contribution in [2.45, 2.75) is 6.92 Å². The summed E-state index contributed by atoms with van der Waals surface area (Å²) in [6.07, 6.45) is -0.525. The van der Waals surface area contributed by atoms with E-state index in [1.165, 1.54) is 6.92 Å². The highest BCUT2D eigenvalue weighted by molar-refractivity contribution is 5.91. The molecule has 1 fully saturated rings. The lowest BCUT2D eigenvalue weighted by Gasteiger charge is -2.04. The van der Waals surface area contributed by atoms with Crippen LogP contribution in [-0.2, 0) is 9.53 Å². The summed E-state index contributed by atoms with van der Waals surface area (Å²) in [6.45, 7) is 2.07. The molecular weight excluding hydrogens is 194 g/mol. The number of carbonyl (C=O) groups is 2. The van der Waals surface area contributed by atoms with E-state index < -0.39 is 6.09 Å². The molecule has 1 saturated heterocycles. The van der Waals surface area contributed by atoms with Gasteiger partial charge < -0.3 is 4.74 Å². The molecule has 0 spiro atoms. The van der Waals surface area contributed by atoms with Crippen LogP contribution >= 0.6 is 0 Å². The zero-order valence-electron chi connectivity index (χ0n) is 8.40. The number of hydrogen-bond donors (Lipinski definition) is 0. The molecule has 4 nitrogen and oxygen atoms in total. The average Bonchev–Trinajstić information content (AvgIpc) is 2.68. The first-order valence-electron chi connectivity index (χ1n) is 4.49. The second kappa shape index (κ2) is 5.66. The number of ether oxygens (including phenoxy) is 1. The Morgan fingerprint density at radius 2 is 2.00 bits per heavy atom. The van der Waals surface area contributed by atoms with Crippen molar-refractivity contribution in [1.29, 1.82) is 0 Å². The summed E-state index contributed by atoms with van der Waals surface area (Å²) in [7, 11) is 0. The Bertz CT molecular complexity index is 297. The van der Waals surface area contributed by atoms with E-state index in [4.69, 9.17) is 0 Å². The molecule has 2 rings (SSSR count). The van der Waals surface area contributed by atoms with Crippen molar-refractivity contribution < 1.29 is 14.3 Å². The molecular formula is C11H11NO3. The lowest BCUT2D eigenvalue weighted by atomic mass is 10.4. The van der Waals surface area contributed by atoms with E-state index >= 15 is 0 Å². The predicted octanol–water partition coefficient (Wildman–Crippen LogP) is 1.27. The number of cyclic esters (lactones) is 1. The van der Waals surface area contributed by atoms with Crippen LogP contribution in [0.3, 0.4) is 0 Å². The second-order valence-electron chi connectivity index (χ2n) is 2.79. The summed E-state index contributed by atoms with van der Waals surface area (Å²) in [6, 6.07) is 13.0. The Balaban J connectivity index is 0.000000162. The molecule has 15 heavy (non-hydrogen) atoms. The molecule has 0 bridgehead atoms. The third-order valence-corrected chi connectivity index (χ3v) is 1.69. The monoisotopic (exact) mass is 205 g/mol. The molecule has 0 radical (unpaired) electrons. The molecule has 0 atom stereocenters. The van der Waals surface area contributed by atoms with E-state index in [-0.39, 0.29) is 5.91 Å². The first kappa shape index (κ1) is 11.1. The standard InChI is InChI=1S/C6H4.C5H7NO3/c1-2-4-6-5-3-1;1-4(7)6-2-3-9-5(6)8/h1-4H;2-3H2,1H3. The van der Waals surface area contributed by atoms with Crippen molar-refractivity contribution in [3.63, 3.8) is 0 Å². The van der Waals surface area contributed by atoms with Crippen LogP contribution in [0.25, 0.3) is 0 Å². The minimum absolute atomic E-state index is 0.252. The first-order valence-corrected chi connectivity index (χ1v) is 4.49. The van der Waals surface area contributed by atoms with Gasteiger partial charge in [-0.1, -0.05) is 24.3 Å². The molecule has 1 aromatic carbocycles. The number of nitrogens with zero attached hydrogens (tertiary/aromatic N) is 1. The molecule has 0 aliphatic carbocycles. The van der Waals surface area contributed by atoms with Gasteiger partial charge in [0.2, 0.25) is 5.91 Å². The van der Waals surface area contributed by atoms with Crippen LogP contribution in [0.15, 0.2) is 24.3 Å². The number of amides is 2. The van der Waals surface area contributed by atoms with Crippen molar-refractivity contribution in [1.82, 2.24) is 4.90 Å². The van der Waals surface area contributed by atoms with E-state index in [9.17, 15) is 9.59 Å². The van der Waals surface area contributed by atoms with Gasteiger partial charge in [0.1, 0.15) is 6.61 Å². The molecule has 1 aliphatic rings. The minimum Gasteiger partial charge on any atom is -0.447 e. The van der Waals surface area contributed by atoms with E-state index in [0.717, 1.165) is 4.90 Å². The first-order chi connectivity index (χ1) is 7.22. The molecule has 0 aromatic heterocycles. The Kier molecular flexibility index (Phi) is 4.17. The number of hydrogen-bond acceptors (Lipinski definition) is 3. The molecule has 0 N–H and O–H groups in total. The van der Waals surface area contributed by atoms with Gasteiger partial charge in [0.05, 0.1) is 6.54 Å². The third-order valence-electron chi connectivity index (χ3n) is 1.69. The number of imide groups is 1. The van der Waals surface area contributed by atoms with Crippen molar-refractivity contribution >= 4 is 12.0 Å². The molecule has 4 heteroatoms. The van der Waals surface area contributed by atoms with Gasteiger partial charge in [0.15, 0.2) is 0 Å². The van der Waals surface area contributed by atoms with E-state index in [0.29, 0.717) is 13.2 Å². The Labute approximate surface area is 88.5 Å². The summed E-state index contributed by atoms with van der Waals surface area (Å²) in [5.41, 5.74) is 0. The summed E-state index contributed by atoms with van der Waals surface area (Å²) < 4.78 is 4.49. The summed E-state index contributed by atoms with van der Waals surface area (Å²) in [5, 5.41) is 0. The van der Waals surface area contributed by atoms with Crippen LogP contribution < -0.4 is 0 Å². The number of rotatable bonds is 0. The van der Waals surface area contributed by atoms with Crippen molar-refractivity contribution in [2.24, 2.45) is 0 Å². The van der Waals surface area contributed by atoms with Crippen LogP contribution in [0.2, 0.25) is 0 Å². The Morgan fingerprint density at radius 1 is 1.40 bits per heavy atom. The van der Waals surface area contributed by atoms with E-state index in [1.807, 2.05) is 24.3 Å². The van der Waals surface area contributed by atoms with Crippen molar-refractivity contribution in [3.05, 3.63) is 36.4 Å². The maximum Gasteiger partial charge on any atom is 0.416 e. The smallest absolute Gasteiger partial charge is 0.416 e. The average molecular weight is 205 g/mol. The van der Waals surface area contributed by atoms with Crippen LogP contribution in [0.1, 0.15) is 6.92 Å². The SMILES string of the molecule is CC(=O)N1CCOC1=O.c1ccccc#1. The van der Waals surface area contributed by atoms with Gasteiger partial charge in [-0.05, 0) is 12.1 Å². The zero-order chi connectivity index (χ0) is 11.1. The van der Waals surface area contributed by atoms with Gasteiger partial charge in [-0.2, -0.15) is 0 Å². The van der Waals surface area contributed by atoms with Crippen molar-refractivity contribution in [3.8, 4) is 0 Å². The fourth-order valence-electron chi connectivity index (χ4n) is 0.983. The molecule has 2 amide bonds. The summed E-state index contributed by atoms with van der Waals surface area (Å²) in [4.78, 5) is 22.0. The van der Waals surface area contributed by atoms with Crippen LogP contribution in [0.4, 0.5) is 4.79 Å². The zero-order valence-corrected chi connectivity index (χ0v) is 8.40. The van der Waals surface area contributed by atoms with Gasteiger partial charge in [-0.25, -0.2) is 9.69 Å². The van der Waals surface area contributed by atoms with Gasteiger partial charge in [-0.15, -0.1) is 0 Å². The topological polar surface area (TPSA) is 46.6 Å². The number of carbonyl (C=O) groups excluding carboxylic acids is 2. The maximum absolute atomic E-state index is 10.5. The van der Waals surface area contributed by atoms with E-state index in [1.54, 1.807) is 0 Å². The highest BCUT2D eigenvalue weighted by atomic mass is 16.6. The third kappa shape index (κ3) is 3.69. The van der Waals surface area contributed by atoms with Crippen LogP contribution in [0.5, 0.6) is 0 Å². The Morgan fingerprint density at radius 3 is 2.20 bits per heavy atom. The quantitative estimate of drug-likeness (QED) is 0.640. The highest BCUT2D eigenvalue weighted by Gasteiger charge is 2.24. The fourth-order valence-corrected chi connectivity index (χ4v) is 0.983. The molecule has 1 aromatic rings. The summed E-state index contributed by atoms with van der Waals surface area (Å²) >= 11 is 0. The fraction of sp³-hybridized carbons (Fsp3) is 0.273. The van der Waals surface area contributed by atoms with E-state index in [2.05, 4.69) is 16.9 Å². The van der Waals surface area contributed by atoms with Gasteiger partial charge in [-0.3, -0.25) is 4.79 Å². The second-order valence-corrected chi connectivity index (χ2v) is 2.79. The molecule has 0 saturated carbocycles. The lowest BCUT2D eigenvalue weighted by molar-refractivity contribution is -0.125. The normalized spacial score (nSPS) is 13.4. The molecule has 78 valence electrons. The van der Waals surface area contributed by atoms with Crippen LogP contribution in [0, 0.1) is 12.1 Å². The van der Waals surface area contributed by atoms with Crippen LogP contribution in [-0.4, -0.2) is 30.1 Å². The van der Waals surface area contributed by atoms with Crippen molar-refractivity contribution in [2.75, 3.05) is 13.2 Å². The summed E-state index contributed by atoms with van der Waals surface area (Å²) in [5.74, 6) is -0.252. The molecule has 1 heterocycles. The molecule has 1 aliphatic heterocycles. The lowest BCUT2D eigenvalue weighted by Crippen LogP contribution is -2.28. The van der Waals surface area contributed by atoms with Gasteiger partial charge in [0, 0.05) is 6.92 Å². The highest BCUT2D eigenvalue weighted by Crippen LogP contribution is 2.01.